The van der Waals surface area contributed by atoms with E-state index in [1.165, 1.54) is 11.1 Å². The Morgan fingerprint density at radius 1 is 1.41 bits per heavy atom. The number of hydrogen-bond donors (Lipinski definition) is 1. The van der Waals surface area contributed by atoms with Crippen molar-refractivity contribution in [3.05, 3.63) is 22.2 Å². The summed E-state index contributed by atoms with van der Waals surface area (Å²) in [6.07, 6.45) is 3.19. The summed E-state index contributed by atoms with van der Waals surface area (Å²) in [6.45, 7) is 3.05. The third-order valence-corrected chi connectivity index (χ3v) is 4.28. The van der Waals surface area contributed by atoms with Crippen molar-refractivity contribution in [3.8, 4) is 11.5 Å². The van der Waals surface area contributed by atoms with E-state index in [0.29, 0.717) is 17.3 Å². The van der Waals surface area contributed by atoms with Gasteiger partial charge >= 0.3 is 0 Å². The van der Waals surface area contributed by atoms with Crippen LogP contribution in [0, 0.1) is 0 Å². The van der Waals surface area contributed by atoms with Crippen LogP contribution in [0.5, 0.6) is 11.5 Å². The summed E-state index contributed by atoms with van der Waals surface area (Å²) in [6, 6.07) is 2.08. The van der Waals surface area contributed by atoms with E-state index in [4.69, 9.17) is 26.8 Å². The lowest BCUT2D eigenvalue weighted by Gasteiger charge is -2.19. The monoisotopic (exact) mass is 253 g/mol. The first kappa shape index (κ1) is 11.2. The maximum Gasteiger partial charge on any atom is 0.231 e. The molecular weight excluding hydrogens is 238 g/mol. The molecule has 1 aliphatic carbocycles. The van der Waals surface area contributed by atoms with Gasteiger partial charge in [-0.3, -0.25) is 0 Å². The minimum atomic E-state index is 0.135. The van der Waals surface area contributed by atoms with E-state index in [0.717, 1.165) is 25.0 Å². The first-order valence-electron chi connectivity index (χ1n) is 6.03. The summed E-state index contributed by atoms with van der Waals surface area (Å²) in [5, 5.41) is 0.706. The van der Waals surface area contributed by atoms with Crippen molar-refractivity contribution >= 4 is 11.6 Å². The molecule has 1 aromatic rings. The van der Waals surface area contributed by atoms with Crippen molar-refractivity contribution in [2.45, 2.75) is 31.6 Å². The van der Waals surface area contributed by atoms with Crippen LogP contribution in [0.4, 0.5) is 0 Å². The van der Waals surface area contributed by atoms with E-state index in [2.05, 4.69) is 13.0 Å². The fraction of sp³-hybridized carbons (Fsp3) is 0.538. The van der Waals surface area contributed by atoms with Crippen LogP contribution in [-0.2, 0) is 11.8 Å². The van der Waals surface area contributed by atoms with E-state index in [1.807, 2.05) is 0 Å². The lowest BCUT2D eigenvalue weighted by Crippen LogP contribution is -2.21. The molecule has 2 N–H and O–H groups in total. The Bertz CT molecular complexity index is 469. The molecule has 1 heterocycles. The second kappa shape index (κ2) is 3.79. The second-order valence-electron chi connectivity index (χ2n) is 4.79. The molecule has 0 atom stereocenters. The second-order valence-corrected chi connectivity index (χ2v) is 5.17. The molecule has 2 aliphatic rings. The van der Waals surface area contributed by atoms with Gasteiger partial charge in [0.05, 0.1) is 5.02 Å². The number of rotatable bonds is 3. The lowest BCUT2D eigenvalue weighted by molar-refractivity contribution is 0.174. The van der Waals surface area contributed by atoms with Crippen LogP contribution < -0.4 is 15.2 Å². The Balaban J connectivity index is 2.18. The van der Waals surface area contributed by atoms with Gasteiger partial charge in [-0.15, -0.1) is 0 Å². The fourth-order valence-corrected chi connectivity index (χ4v) is 2.98. The number of nitrogens with two attached hydrogens (primary N) is 1. The molecule has 0 spiro atoms. The van der Waals surface area contributed by atoms with Crippen LogP contribution in [0.1, 0.15) is 30.9 Å². The standard InChI is InChI=1S/C13H16ClNO2/c1-2-8-9(13(6-15)3-4-13)5-10-12(11(8)14)17-7-16-10/h5H,2-4,6-7,15H2,1H3. The largest absolute Gasteiger partial charge is 0.454 e. The number of hydrogen-bond acceptors (Lipinski definition) is 3. The molecule has 3 nitrogen and oxygen atoms in total. The van der Waals surface area contributed by atoms with E-state index in [9.17, 15) is 0 Å². The first-order valence-corrected chi connectivity index (χ1v) is 6.41. The average molecular weight is 254 g/mol. The van der Waals surface area contributed by atoms with Crippen molar-refractivity contribution in [1.29, 1.82) is 0 Å². The van der Waals surface area contributed by atoms with Gasteiger partial charge in [0.1, 0.15) is 0 Å². The predicted molar refractivity (Wildman–Crippen MR) is 66.9 cm³/mol. The SMILES string of the molecule is CCc1c(C2(CN)CC2)cc2c(c1Cl)OCO2. The average Bonchev–Trinajstić information content (AvgIpc) is 3.00. The summed E-state index contributed by atoms with van der Waals surface area (Å²) in [7, 11) is 0. The minimum absolute atomic E-state index is 0.135. The summed E-state index contributed by atoms with van der Waals surface area (Å²) in [5.41, 5.74) is 8.47. The molecule has 3 rings (SSSR count). The molecule has 17 heavy (non-hydrogen) atoms. The van der Waals surface area contributed by atoms with Crippen LogP contribution in [-0.4, -0.2) is 13.3 Å². The van der Waals surface area contributed by atoms with E-state index < -0.39 is 0 Å². The zero-order chi connectivity index (χ0) is 12.0. The number of halogens is 1. The molecule has 0 aromatic heterocycles. The van der Waals surface area contributed by atoms with Gasteiger partial charge in [-0.1, -0.05) is 18.5 Å². The number of benzene rings is 1. The molecule has 0 saturated heterocycles. The highest BCUT2D eigenvalue weighted by Gasteiger charge is 2.45. The smallest absolute Gasteiger partial charge is 0.231 e. The molecule has 0 bridgehead atoms. The Morgan fingerprint density at radius 3 is 2.76 bits per heavy atom. The van der Waals surface area contributed by atoms with Gasteiger partial charge in [-0.05, 0) is 36.5 Å². The molecule has 92 valence electrons. The van der Waals surface area contributed by atoms with Gasteiger partial charge in [0, 0.05) is 12.0 Å². The van der Waals surface area contributed by atoms with Crippen molar-refractivity contribution in [2.75, 3.05) is 13.3 Å². The van der Waals surface area contributed by atoms with Gasteiger partial charge in [0.25, 0.3) is 0 Å². The quantitative estimate of drug-likeness (QED) is 0.901. The van der Waals surface area contributed by atoms with E-state index in [-0.39, 0.29) is 12.2 Å². The first-order chi connectivity index (χ1) is 8.22. The number of ether oxygens (including phenoxy) is 2. The van der Waals surface area contributed by atoms with Crippen molar-refractivity contribution < 1.29 is 9.47 Å². The normalized spacial score (nSPS) is 19.5. The molecule has 1 fully saturated rings. The molecular formula is C13H16ClNO2. The van der Waals surface area contributed by atoms with Gasteiger partial charge in [0.2, 0.25) is 6.79 Å². The topological polar surface area (TPSA) is 44.5 Å². The van der Waals surface area contributed by atoms with Crippen molar-refractivity contribution in [3.63, 3.8) is 0 Å². The lowest BCUT2D eigenvalue weighted by atomic mass is 9.89. The van der Waals surface area contributed by atoms with Crippen molar-refractivity contribution in [1.82, 2.24) is 0 Å². The van der Waals surface area contributed by atoms with Gasteiger partial charge in [0.15, 0.2) is 11.5 Å². The van der Waals surface area contributed by atoms with Crippen molar-refractivity contribution in [2.24, 2.45) is 5.73 Å². The Labute approximate surface area is 106 Å². The Hall–Kier alpha value is -0.930. The highest BCUT2D eigenvalue weighted by molar-refractivity contribution is 6.33. The molecule has 1 aromatic carbocycles. The molecule has 0 radical (unpaired) electrons. The van der Waals surface area contributed by atoms with Gasteiger partial charge in [-0.2, -0.15) is 0 Å². The highest BCUT2D eigenvalue weighted by Crippen LogP contribution is 2.53. The van der Waals surface area contributed by atoms with Crippen LogP contribution in [0.15, 0.2) is 6.07 Å². The summed E-state index contributed by atoms with van der Waals surface area (Å²) < 4.78 is 10.8. The zero-order valence-corrected chi connectivity index (χ0v) is 10.6. The third-order valence-electron chi connectivity index (χ3n) is 3.88. The van der Waals surface area contributed by atoms with Crippen LogP contribution in [0.25, 0.3) is 0 Å². The van der Waals surface area contributed by atoms with E-state index >= 15 is 0 Å². The van der Waals surface area contributed by atoms with Gasteiger partial charge in [-0.25, -0.2) is 0 Å². The number of fused-ring (bicyclic) bond motifs is 1. The molecule has 4 heteroatoms. The molecule has 1 saturated carbocycles. The summed E-state index contributed by atoms with van der Waals surface area (Å²) in [4.78, 5) is 0. The van der Waals surface area contributed by atoms with Crippen LogP contribution in [0.3, 0.4) is 0 Å². The summed E-state index contributed by atoms with van der Waals surface area (Å²) >= 11 is 6.40. The predicted octanol–water partition coefficient (Wildman–Crippen LogP) is 2.62. The molecule has 0 unspecified atom stereocenters. The zero-order valence-electron chi connectivity index (χ0n) is 9.88. The maximum atomic E-state index is 6.40. The van der Waals surface area contributed by atoms with Crippen LogP contribution in [0.2, 0.25) is 5.02 Å². The van der Waals surface area contributed by atoms with Crippen LogP contribution >= 0.6 is 11.6 Å². The fourth-order valence-electron chi connectivity index (χ4n) is 2.59. The Morgan fingerprint density at radius 2 is 2.18 bits per heavy atom. The molecule has 1 aliphatic heterocycles. The third kappa shape index (κ3) is 1.53. The Kier molecular flexibility index (Phi) is 2.49. The van der Waals surface area contributed by atoms with E-state index in [1.54, 1.807) is 0 Å². The highest BCUT2D eigenvalue weighted by atomic mass is 35.5. The van der Waals surface area contributed by atoms with Gasteiger partial charge < -0.3 is 15.2 Å². The summed E-state index contributed by atoms with van der Waals surface area (Å²) in [5.74, 6) is 1.46. The molecule has 0 amide bonds. The maximum absolute atomic E-state index is 6.40. The minimum Gasteiger partial charge on any atom is -0.454 e.